The first-order valence-corrected chi connectivity index (χ1v) is 6.20. The van der Waals surface area contributed by atoms with E-state index in [1.807, 2.05) is 0 Å². The van der Waals surface area contributed by atoms with Gasteiger partial charge in [0.1, 0.15) is 5.54 Å². The molecule has 0 radical (unpaired) electrons. The van der Waals surface area contributed by atoms with Crippen LogP contribution in [0.1, 0.15) is 47.0 Å². The molecule has 2 heterocycles. The maximum Gasteiger partial charge on any atom is 0.140 e. The van der Waals surface area contributed by atoms with Crippen LogP contribution in [-0.2, 0) is 4.74 Å². The Balaban J connectivity index is 2.37. The Morgan fingerprint density at radius 1 is 1.12 bits per heavy atom. The lowest BCUT2D eigenvalue weighted by atomic mass is 9.79. The van der Waals surface area contributed by atoms with Gasteiger partial charge in [0.05, 0.1) is 17.3 Å². The number of rotatable bonds is 1. The zero-order chi connectivity index (χ0) is 12.0. The summed E-state index contributed by atoms with van der Waals surface area (Å²) in [5.74, 6) is 0. The molecule has 3 heteroatoms. The molecule has 2 saturated heterocycles. The second-order valence-corrected chi connectivity index (χ2v) is 6.22. The minimum Gasteiger partial charge on any atom is -0.367 e. The quantitative estimate of drug-likeness (QED) is 0.683. The van der Waals surface area contributed by atoms with Crippen LogP contribution < -0.4 is 0 Å². The molecule has 0 aromatic heterocycles. The summed E-state index contributed by atoms with van der Waals surface area (Å²) in [4.78, 5) is 2.34. The molecule has 0 bridgehead atoms. The van der Waals surface area contributed by atoms with Gasteiger partial charge in [0.25, 0.3) is 0 Å². The third-order valence-electron chi connectivity index (χ3n) is 4.04. The molecule has 0 aromatic rings. The molecule has 3 nitrogen and oxygen atoms in total. The molecule has 1 atom stereocenters. The Kier molecular flexibility index (Phi) is 2.56. The van der Waals surface area contributed by atoms with Crippen molar-refractivity contribution in [3.63, 3.8) is 0 Å². The van der Waals surface area contributed by atoms with E-state index in [0.29, 0.717) is 0 Å². The summed E-state index contributed by atoms with van der Waals surface area (Å²) in [6.45, 7) is 10.4. The lowest BCUT2D eigenvalue weighted by Gasteiger charge is -2.41. The highest BCUT2D eigenvalue weighted by molar-refractivity contribution is 5.24. The normalized spacial score (nSPS) is 37.4. The fourth-order valence-corrected chi connectivity index (χ4v) is 3.48. The van der Waals surface area contributed by atoms with Crippen LogP contribution in [0.3, 0.4) is 0 Å². The Morgan fingerprint density at radius 3 is 2.06 bits per heavy atom. The summed E-state index contributed by atoms with van der Waals surface area (Å²) in [6.07, 6.45) is 3.23. The van der Waals surface area contributed by atoms with E-state index in [2.05, 4.69) is 38.7 Å². The summed E-state index contributed by atoms with van der Waals surface area (Å²) in [6, 6.07) is 2.57. The summed E-state index contributed by atoms with van der Waals surface area (Å²) in [7, 11) is 0. The van der Waals surface area contributed by atoms with E-state index in [9.17, 15) is 5.26 Å². The van der Waals surface area contributed by atoms with Crippen LogP contribution in [0.5, 0.6) is 0 Å². The predicted octanol–water partition coefficient (Wildman–Crippen LogP) is 2.32. The summed E-state index contributed by atoms with van der Waals surface area (Å²) >= 11 is 0. The number of nitriles is 1. The topological polar surface area (TPSA) is 36.3 Å². The third-order valence-corrected chi connectivity index (χ3v) is 4.04. The van der Waals surface area contributed by atoms with E-state index in [0.717, 1.165) is 19.5 Å². The number of likely N-dealkylation sites (tertiary alicyclic amines) is 1. The Labute approximate surface area is 98.4 Å². The van der Waals surface area contributed by atoms with E-state index >= 15 is 0 Å². The summed E-state index contributed by atoms with van der Waals surface area (Å²) in [5, 5.41) is 9.67. The SMILES string of the molecule is CC1(C)CC(C#N)(N2CCCC2)C(C)(C)O1. The molecule has 2 aliphatic heterocycles. The number of nitrogens with zero attached hydrogens (tertiary/aromatic N) is 2. The highest BCUT2D eigenvalue weighted by atomic mass is 16.5. The largest absolute Gasteiger partial charge is 0.367 e. The van der Waals surface area contributed by atoms with Crippen LogP contribution in [-0.4, -0.2) is 34.7 Å². The van der Waals surface area contributed by atoms with Gasteiger partial charge in [-0.25, -0.2) is 0 Å². The Bertz CT molecular complexity index is 323. The molecule has 2 rings (SSSR count). The van der Waals surface area contributed by atoms with Crippen molar-refractivity contribution in [1.29, 1.82) is 5.26 Å². The van der Waals surface area contributed by atoms with Crippen LogP contribution >= 0.6 is 0 Å². The van der Waals surface area contributed by atoms with E-state index < -0.39 is 5.54 Å². The summed E-state index contributed by atoms with van der Waals surface area (Å²) in [5.41, 5.74) is -1.01. The predicted molar refractivity (Wildman–Crippen MR) is 63.0 cm³/mol. The monoisotopic (exact) mass is 222 g/mol. The average molecular weight is 222 g/mol. The van der Waals surface area contributed by atoms with Crippen molar-refractivity contribution >= 4 is 0 Å². The van der Waals surface area contributed by atoms with Gasteiger partial charge in [-0.05, 0) is 53.6 Å². The van der Waals surface area contributed by atoms with Crippen LogP contribution in [0.2, 0.25) is 0 Å². The first-order chi connectivity index (χ1) is 7.33. The molecule has 0 spiro atoms. The second-order valence-electron chi connectivity index (χ2n) is 6.22. The van der Waals surface area contributed by atoms with Crippen molar-refractivity contribution in [2.75, 3.05) is 13.1 Å². The van der Waals surface area contributed by atoms with Crippen molar-refractivity contribution in [1.82, 2.24) is 4.90 Å². The van der Waals surface area contributed by atoms with Crippen molar-refractivity contribution in [3.8, 4) is 6.07 Å². The van der Waals surface area contributed by atoms with Gasteiger partial charge >= 0.3 is 0 Å². The lowest BCUT2D eigenvalue weighted by Crippen LogP contribution is -2.57. The fraction of sp³-hybridized carbons (Fsp3) is 0.923. The standard InChI is InChI=1S/C13H22N2O/c1-11(2)9-13(10-14,12(3,4)16-11)15-7-5-6-8-15/h5-9H2,1-4H3. The molecule has 2 fully saturated rings. The molecular weight excluding hydrogens is 200 g/mol. The van der Waals surface area contributed by atoms with Gasteiger partial charge in [-0.3, -0.25) is 4.90 Å². The van der Waals surface area contributed by atoms with Crippen LogP contribution in [0.15, 0.2) is 0 Å². The van der Waals surface area contributed by atoms with Crippen molar-refractivity contribution < 1.29 is 4.74 Å². The van der Waals surface area contributed by atoms with Crippen molar-refractivity contribution in [2.24, 2.45) is 0 Å². The smallest absolute Gasteiger partial charge is 0.140 e. The van der Waals surface area contributed by atoms with Gasteiger partial charge in [0.15, 0.2) is 0 Å². The minimum atomic E-state index is -0.437. The van der Waals surface area contributed by atoms with Crippen LogP contribution in [0, 0.1) is 11.3 Å². The van der Waals surface area contributed by atoms with Crippen molar-refractivity contribution in [2.45, 2.75) is 63.7 Å². The number of hydrogen-bond acceptors (Lipinski definition) is 3. The van der Waals surface area contributed by atoms with Gasteiger partial charge in [-0.1, -0.05) is 0 Å². The lowest BCUT2D eigenvalue weighted by molar-refractivity contribution is -0.0906. The second kappa shape index (κ2) is 3.45. The third kappa shape index (κ3) is 1.56. The van der Waals surface area contributed by atoms with Gasteiger partial charge < -0.3 is 4.74 Å². The minimum absolute atomic E-state index is 0.193. The van der Waals surface area contributed by atoms with Gasteiger partial charge in [0.2, 0.25) is 0 Å². The van der Waals surface area contributed by atoms with E-state index in [1.54, 1.807) is 0 Å². The molecule has 0 aromatic carbocycles. The first kappa shape index (κ1) is 11.9. The zero-order valence-electron chi connectivity index (χ0n) is 10.8. The molecule has 16 heavy (non-hydrogen) atoms. The van der Waals surface area contributed by atoms with E-state index in [1.165, 1.54) is 12.8 Å². The molecular formula is C13H22N2O. The van der Waals surface area contributed by atoms with E-state index in [-0.39, 0.29) is 11.2 Å². The van der Waals surface area contributed by atoms with Gasteiger partial charge in [-0.2, -0.15) is 5.26 Å². The molecule has 90 valence electrons. The first-order valence-electron chi connectivity index (χ1n) is 6.20. The Morgan fingerprint density at radius 2 is 1.69 bits per heavy atom. The maximum atomic E-state index is 9.67. The number of hydrogen-bond donors (Lipinski definition) is 0. The average Bonchev–Trinajstić information content (AvgIpc) is 2.69. The summed E-state index contributed by atoms with van der Waals surface area (Å²) < 4.78 is 6.09. The zero-order valence-corrected chi connectivity index (χ0v) is 10.8. The maximum absolute atomic E-state index is 9.67. The number of ether oxygens (including phenoxy) is 1. The Hall–Kier alpha value is -0.590. The molecule has 1 unspecified atom stereocenters. The fourth-order valence-electron chi connectivity index (χ4n) is 3.48. The molecule has 0 saturated carbocycles. The molecule has 2 aliphatic rings. The van der Waals surface area contributed by atoms with Gasteiger partial charge in [0, 0.05) is 6.42 Å². The molecule has 0 N–H and O–H groups in total. The van der Waals surface area contributed by atoms with Crippen LogP contribution in [0.4, 0.5) is 0 Å². The van der Waals surface area contributed by atoms with E-state index in [4.69, 9.17) is 4.74 Å². The molecule has 0 aliphatic carbocycles. The highest BCUT2D eigenvalue weighted by Crippen LogP contribution is 2.48. The van der Waals surface area contributed by atoms with Crippen molar-refractivity contribution in [3.05, 3.63) is 0 Å². The van der Waals surface area contributed by atoms with Crippen LogP contribution in [0.25, 0.3) is 0 Å². The molecule has 0 amide bonds. The highest BCUT2D eigenvalue weighted by Gasteiger charge is 2.61. The van der Waals surface area contributed by atoms with Gasteiger partial charge in [-0.15, -0.1) is 0 Å².